The predicted octanol–water partition coefficient (Wildman–Crippen LogP) is 0.367. The van der Waals surface area contributed by atoms with Gasteiger partial charge in [0.2, 0.25) is 5.91 Å². The molecule has 0 saturated carbocycles. The molecule has 4 N–H and O–H groups in total. The number of benzene rings is 1. The molecule has 1 atom stereocenters. The summed E-state index contributed by atoms with van der Waals surface area (Å²) in [4.78, 5) is 24.7. The Hall–Kier alpha value is -2.24. The Bertz CT molecular complexity index is 516. The molecule has 1 heterocycles. The fourth-order valence-corrected chi connectivity index (χ4v) is 2.25. The first kappa shape index (κ1) is 13.2. The molecule has 102 valence electrons. The van der Waals surface area contributed by atoms with Crippen LogP contribution < -0.4 is 16.4 Å². The fraction of sp³-hybridized carbons (Fsp3) is 0.385. The maximum atomic E-state index is 11.6. The molecule has 1 saturated heterocycles. The van der Waals surface area contributed by atoms with Gasteiger partial charge in [0.15, 0.2) is 0 Å². The number of amides is 1. The van der Waals surface area contributed by atoms with Crippen LogP contribution in [0.15, 0.2) is 18.2 Å². The van der Waals surface area contributed by atoms with Crippen LogP contribution >= 0.6 is 0 Å². The first-order valence-corrected chi connectivity index (χ1v) is 6.05. The normalized spacial score (nSPS) is 18.4. The van der Waals surface area contributed by atoms with Crippen molar-refractivity contribution in [3.63, 3.8) is 0 Å². The highest BCUT2D eigenvalue weighted by Gasteiger charge is 2.27. The summed E-state index contributed by atoms with van der Waals surface area (Å²) < 4.78 is 4.68. The van der Waals surface area contributed by atoms with Gasteiger partial charge < -0.3 is 21.1 Å². The minimum Gasteiger partial charge on any atom is -0.465 e. The molecule has 1 aliphatic heterocycles. The number of carbonyl (C=O) groups excluding carboxylic acids is 2. The SMILES string of the molecule is COC(=O)c1cc(N2CCC(C(N)=O)C2)ccc1N. The number of hydrogen-bond donors (Lipinski definition) is 2. The highest BCUT2D eigenvalue weighted by atomic mass is 16.5. The molecule has 1 aromatic carbocycles. The van der Waals surface area contributed by atoms with E-state index in [1.54, 1.807) is 12.1 Å². The van der Waals surface area contributed by atoms with Crippen LogP contribution in [0.4, 0.5) is 11.4 Å². The predicted molar refractivity (Wildman–Crippen MR) is 71.7 cm³/mol. The number of methoxy groups -OCH3 is 1. The smallest absolute Gasteiger partial charge is 0.340 e. The lowest BCUT2D eigenvalue weighted by molar-refractivity contribution is -0.121. The van der Waals surface area contributed by atoms with Gasteiger partial charge in [0, 0.05) is 24.5 Å². The van der Waals surface area contributed by atoms with Crippen LogP contribution in [0, 0.1) is 5.92 Å². The molecule has 1 unspecified atom stereocenters. The molecular formula is C13H17N3O3. The van der Waals surface area contributed by atoms with E-state index >= 15 is 0 Å². The number of esters is 1. The largest absolute Gasteiger partial charge is 0.465 e. The summed E-state index contributed by atoms with van der Waals surface area (Å²) in [5.41, 5.74) is 12.6. The Labute approximate surface area is 111 Å². The van der Waals surface area contributed by atoms with E-state index in [4.69, 9.17) is 11.5 Å². The van der Waals surface area contributed by atoms with Gasteiger partial charge in [0.25, 0.3) is 0 Å². The number of primary amides is 1. The maximum Gasteiger partial charge on any atom is 0.340 e. The molecule has 19 heavy (non-hydrogen) atoms. The lowest BCUT2D eigenvalue weighted by Crippen LogP contribution is -2.27. The maximum absolute atomic E-state index is 11.6. The number of nitrogens with zero attached hydrogens (tertiary/aromatic N) is 1. The molecule has 1 aliphatic rings. The number of anilines is 2. The number of nitrogen functional groups attached to an aromatic ring is 1. The molecule has 1 amide bonds. The summed E-state index contributed by atoms with van der Waals surface area (Å²) in [6.07, 6.45) is 0.729. The van der Waals surface area contributed by atoms with Crippen molar-refractivity contribution in [3.8, 4) is 0 Å². The van der Waals surface area contributed by atoms with Crippen LogP contribution in [-0.2, 0) is 9.53 Å². The van der Waals surface area contributed by atoms with Crippen molar-refractivity contribution in [1.82, 2.24) is 0 Å². The lowest BCUT2D eigenvalue weighted by Gasteiger charge is -2.19. The first-order valence-electron chi connectivity index (χ1n) is 6.05. The highest BCUT2D eigenvalue weighted by molar-refractivity contribution is 5.96. The minimum atomic E-state index is -0.468. The second-order valence-electron chi connectivity index (χ2n) is 4.60. The van der Waals surface area contributed by atoms with Crippen molar-refractivity contribution in [2.75, 3.05) is 30.8 Å². The van der Waals surface area contributed by atoms with E-state index in [1.165, 1.54) is 7.11 Å². The van der Waals surface area contributed by atoms with Crippen LogP contribution in [0.2, 0.25) is 0 Å². The summed E-state index contributed by atoms with van der Waals surface area (Å²) in [6, 6.07) is 5.18. The van der Waals surface area contributed by atoms with Crippen LogP contribution in [0.1, 0.15) is 16.8 Å². The van der Waals surface area contributed by atoms with Crippen LogP contribution in [0.3, 0.4) is 0 Å². The summed E-state index contributed by atoms with van der Waals surface area (Å²) in [5, 5.41) is 0. The molecule has 0 spiro atoms. The molecule has 0 radical (unpaired) electrons. The van der Waals surface area contributed by atoms with Crippen LogP contribution in [-0.4, -0.2) is 32.1 Å². The standard InChI is InChI=1S/C13H17N3O3/c1-19-13(18)10-6-9(2-3-11(10)14)16-5-4-8(7-16)12(15)17/h2-3,6,8H,4-5,7,14H2,1H3,(H2,15,17). The van der Waals surface area contributed by atoms with E-state index in [1.807, 2.05) is 11.0 Å². The summed E-state index contributed by atoms with van der Waals surface area (Å²) in [5.74, 6) is -0.893. The second kappa shape index (κ2) is 5.17. The number of ether oxygens (including phenoxy) is 1. The highest BCUT2D eigenvalue weighted by Crippen LogP contribution is 2.27. The van der Waals surface area contributed by atoms with Gasteiger partial charge >= 0.3 is 5.97 Å². The van der Waals surface area contributed by atoms with E-state index in [9.17, 15) is 9.59 Å². The van der Waals surface area contributed by atoms with Crippen LogP contribution in [0.5, 0.6) is 0 Å². The number of rotatable bonds is 3. The lowest BCUT2D eigenvalue weighted by atomic mass is 10.1. The third kappa shape index (κ3) is 2.62. The molecule has 0 bridgehead atoms. The third-order valence-electron chi connectivity index (χ3n) is 3.40. The van der Waals surface area contributed by atoms with Crippen molar-refractivity contribution in [3.05, 3.63) is 23.8 Å². The zero-order chi connectivity index (χ0) is 14.0. The van der Waals surface area contributed by atoms with Crippen molar-refractivity contribution < 1.29 is 14.3 Å². The van der Waals surface area contributed by atoms with Crippen molar-refractivity contribution in [1.29, 1.82) is 0 Å². The monoisotopic (exact) mass is 263 g/mol. The van der Waals surface area contributed by atoms with Gasteiger partial charge in [-0.25, -0.2) is 4.79 Å². The van der Waals surface area contributed by atoms with Gasteiger partial charge in [0.1, 0.15) is 0 Å². The fourth-order valence-electron chi connectivity index (χ4n) is 2.25. The van der Waals surface area contributed by atoms with Gasteiger partial charge in [-0.1, -0.05) is 0 Å². The van der Waals surface area contributed by atoms with E-state index in [0.717, 1.165) is 18.7 Å². The number of hydrogen-bond acceptors (Lipinski definition) is 5. The van der Waals surface area contributed by atoms with Crippen molar-refractivity contribution in [2.24, 2.45) is 11.7 Å². The van der Waals surface area contributed by atoms with Gasteiger partial charge in [-0.15, -0.1) is 0 Å². The molecule has 6 nitrogen and oxygen atoms in total. The Morgan fingerprint density at radius 2 is 2.16 bits per heavy atom. The Balaban J connectivity index is 2.22. The molecule has 0 aliphatic carbocycles. The van der Waals surface area contributed by atoms with E-state index in [0.29, 0.717) is 17.8 Å². The molecule has 2 rings (SSSR count). The van der Waals surface area contributed by atoms with Crippen molar-refractivity contribution >= 4 is 23.3 Å². The summed E-state index contributed by atoms with van der Waals surface area (Å²) in [6.45, 7) is 1.30. The zero-order valence-corrected chi connectivity index (χ0v) is 10.8. The minimum absolute atomic E-state index is 0.140. The number of carbonyl (C=O) groups is 2. The summed E-state index contributed by atoms with van der Waals surface area (Å²) in [7, 11) is 1.31. The van der Waals surface area contributed by atoms with Gasteiger partial charge in [-0.05, 0) is 24.6 Å². The molecule has 6 heteroatoms. The Kier molecular flexibility index (Phi) is 3.59. The second-order valence-corrected chi connectivity index (χ2v) is 4.60. The topological polar surface area (TPSA) is 98.6 Å². The molecule has 1 aromatic rings. The quantitative estimate of drug-likeness (QED) is 0.606. The third-order valence-corrected chi connectivity index (χ3v) is 3.40. The van der Waals surface area contributed by atoms with Gasteiger partial charge in [-0.2, -0.15) is 0 Å². The first-order chi connectivity index (χ1) is 9.02. The molecule has 0 aromatic heterocycles. The van der Waals surface area contributed by atoms with E-state index in [2.05, 4.69) is 4.74 Å². The average Bonchev–Trinajstić information content (AvgIpc) is 2.88. The van der Waals surface area contributed by atoms with Gasteiger partial charge in [-0.3, -0.25) is 4.79 Å². The van der Waals surface area contributed by atoms with E-state index in [-0.39, 0.29) is 11.8 Å². The number of nitrogens with two attached hydrogens (primary N) is 2. The average molecular weight is 263 g/mol. The Morgan fingerprint density at radius 1 is 1.42 bits per heavy atom. The van der Waals surface area contributed by atoms with Crippen molar-refractivity contribution in [2.45, 2.75) is 6.42 Å². The summed E-state index contributed by atoms with van der Waals surface area (Å²) >= 11 is 0. The Morgan fingerprint density at radius 3 is 2.74 bits per heavy atom. The van der Waals surface area contributed by atoms with Crippen LogP contribution in [0.25, 0.3) is 0 Å². The zero-order valence-electron chi connectivity index (χ0n) is 10.8. The van der Waals surface area contributed by atoms with E-state index < -0.39 is 5.97 Å². The molecule has 1 fully saturated rings. The van der Waals surface area contributed by atoms with Gasteiger partial charge in [0.05, 0.1) is 18.6 Å². The molecular weight excluding hydrogens is 246 g/mol.